The monoisotopic (exact) mass is 488 g/mol. The fraction of sp³-hybridized carbons (Fsp3) is 0.412. The standard InChI is InChI=1S/C17H18ClF5N4O3S/c1-8-5-10(6-11(24-8)15(19)20)25-16(28)14-13(18)12(7-26(14)3)31(29,30)27(4)9(2)17(21,22)23/h5-7,9,15H,1-4H3,(H,24,25,28)/t9-/m1/s1. The van der Waals surface area contributed by atoms with E-state index in [9.17, 15) is 35.2 Å². The zero-order valence-electron chi connectivity index (χ0n) is 16.6. The highest BCUT2D eigenvalue weighted by molar-refractivity contribution is 7.89. The number of anilines is 1. The first-order valence-electron chi connectivity index (χ1n) is 8.55. The van der Waals surface area contributed by atoms with Gasteiger partial charge < -0.3 is 9.88 Å². The van der Waals surface area contributed by atoms with E-state index in [2.05, 4.69) is 10.3 Å². The number of pyridine rings is 1. The van der Waals surface area contributed by atoms with Crippen LogP contribution in [0.5, 0.6) is 0 Å². The van der Waals surface area contributed by atoms with Crippen molar-refractivity contribution in [3.8, 4) is 0 Å². The van der Waals surface area contributed by atoms with Crippen molar-refractivity contribution in [3.05, 3.63) is 40.4 Å². The number of alkyl halides is 5. The van der Waals surface area contributed by atoms with Gasteiger partial charge in [-0.3, -0.25) is 9.78 Å². The Bertz CT molecular complexity index is 1100. The molecule has 0 unspecified atom stereocenters. The van der Waals surface area contributed by atoms with E-state index in [4.69, 9.17) is 11.6 Å². The van der Waals surface area contributed by atoms with E-state index < -0.39 is 50.2 Å². The van der Waals surface area contributed by atoms with Crippen LogP contribution in [0.25, 0.3) is 0 Å². The number of rotatable bonds is 6. The highest BCUT2D eigenvalue weighted by atomic mass is 35.5. The number of carbonyl (C=O) groups is 1. The molecule has 0 bridgehead atoms. The highest BCUT2D eigenvalue weighted by Crippen LogP contribution is 2.33. The smallest absolute Gasteiger partial charge is 0.344 e. The molecule has 0 aliphatic carbocycles. The molecule has 1 N–H and O–H groups in total. The van der Waals surface area contributed by atoms with Crippen molar-refractivity contribution in [3.63, 3.8) is 0 Å². The summed E-state index contributed by atoms with van der Waals surface area (Å²) >= 11 is 6.05. The van der Waals surface area contributed by atoms with Crippen LogP contribution in [0.4, 0.5) is 27.6 Å². The number of halogens is 6. The minimum atomic E-state index is -4.83. The van der Waals surface area contributed by atoms with Crippen LogP contribution in [-0.4, -0.2) is 47.4 Å². The number of nitrogens with one attached hydrogen (secondary N) is 1. The Morgan fingerprint density at radius 1 is 1.29 bits per heavy atom. The summed E-state index contributed by atoms with van der Waals surface area (Å²) in [5.41, 5.74) is -0.824. The van der Waals surface area contributed by atoms with Crippen LogP contribution in [-0.2, 0) is 17.1 Å². The van der Waals surface area contributed by atoms with E-state index in [1.54, 1.807) is 0 Å². The Balaban J connectivity index is 2.43. The number of hydrogen-bond donors (Lipinski definition) is 1. The summed E-state index contributed by atoms with van der Waals surface area (Å²) in [5, 5.41) is 1.70. The number of aromatic nitrogens is 2. The van der Waals surface area contributed by atoms with Crippen molar-refractivity contribution >= 4 is 33.2 Å². The Morgan fingerprint density at radius 3 is 2.39 bits per heavy atom. The molecule has 2 rings (SSSR count). The molecule has 0 spiro atoms. The highest BCUT2D eigenvalue weighted by Gasteiger charge is 2.44. The summed E-state index contributed by atoms with van der Waals surface area (Å²) < 4.78 is 91.1. The molecule has 14 heteroatoms. The van der Waals surface area contributed by atoms with Gasteiger partial charge >= 0.3 is 6.18 Å². The average Bonchev–Trinajstić information content (AvgIpc) is 2.94. The lowest BCUT2D eigenvalue weighted by Gasteiger charge is -2.25. The number of sulfonamides is 1. The van der Waals surface area contributed by atoms with Gasteiger partial charge in [0.05, 0.1) is 5.02 Å². The Kier molecular flexibility index (Phi) is 7.03. The van der Waals surface area contributed by atoms with E-state index in [0.29, 0.717) is 6.92 Å². The third-order valence-electron chi connectivity index (χ3n) is 4.43. The molecule has 0 fully saturated rings. The number of nitrogens with zero attached hydrogens (tertiary/aromatic N) is 3. The minimum Gasteiger partial charge on any atom is -0.344 e. The van der Waals surface area contributed by atoms with E-state index in [1.807, 2.05) is 0 Å². The van der Waals surface area contributed by atoms with Crippen molar-refractivity contribution in [1.29, 1.82) is 0 Å². The van der Waals surface area contributed by atoms with Gasteiger partial charge in [0.15, 0.2) is 0 Å². The first-order chi connectivity index (χ1) is 14.1. The lowest BCUT2D eigenvalue weighted by Crippen LogP contribution is -2.44. The zero-order chi connectivity index (χ0) is 23.9. The van der Waals surface area contributed by atoms with Crippen LogP contribution in [0.15, 0.2) is 23.2 Å². The van der Waals surface area contributed by atoms with Gasteiger partial charge in [0.25, 0.3) is 12.3 Å². The third kappa shape index (κ3) is 5.15. The molecule has 0 saturated carbocycles. The van der Waals surface area contributed by atoms with Gasteiger partial charge in [-0.05, 0) is 26.0 Å². The number of hydrogen-bond acceptors (Lipinski definition) is 4. The molecule has 0 aromatic carbocycles. The molecule has 2 aromatic rings. The summed E-state index contributed by atoms with van der Waals surface area (Å²) in [5.74, 6) is -0.953. The summed E-state index contributed by atoms with van der Waals surface area (Å²) in [6.07, 6.45) is -6.82. The van der Waals surface area contributed by atoms with Gasteiger partial charge in [-0.15, -0.1) is 0 Å². The second-order valence-electron chi connectivity index (χ2n) is 6.68. The van der Waals surface area contributed by atoms with Gasteiger partial charge in [0.2, 0.25) is 10.0 Å². The second kappa shape index (κ2) is 8.71. The van der Waals surface area contributed by atoms with E-state index in [1.165, 1.54) is 20.0 Å². The molecule has 1 atom stereocenters. The predicted octanol–water partition coefficient (Wildman–Crippen LogP) is 4.14. The summed E-state index contributed by atoms with van der Waals surface area (Å²) in [6.45, 7) is 2.09. The molecule has 1 amide bonds. The number of amides is 1. The molecule has 172 valence electrons. The average molecular weight is 489 g/mol. The number of carbonyl (C=O) groups excluding carboxylic acids is 1. The molecule has 2 aromatic heterocycles. The zero-order valence-corrected chi connectivity index (χ0v) is 18.2. The SMILES string of the molecule is Cc1cc(NC(=O)c2c(Cl)c(S(=O)(=O)N(C)[C@H](C)C(F)(F)F)cn2C)cc(C(F)F)n1. The van der Waals surface area contributed by atoms with Crippen molar-refractivity contribution in [1.82, 2.24) is 13.9 Å². The maximum atomic E-state index is 13.0. The maximum Gasteiger partial charge on any atom is 0.404 e. The largest absolute Gasteiger partial charge is 0.404 e. The first kappa shape index (κ1) is 25.0. The lowest BCUT2D eigenvalue weighted by molar-refractivity contribution is -0.164. The van der Waals surface area contributed by atoms with Gasteiger partial charge in [-0.25, -0.2) is 17.2 Å². The molecule has 0 radical (unpaired) electrons. The topological polar surface area (TPSA) is 84.3 Å². The Labute approximate surface area is 179 Å². The van der Waals surface area contributed by atoms with Crippen molar-refractivity contribution < 1.29 is 35.2 Å². The van der Waals surface area contributed by atoms with Crippen LogP contribution in [0.1, 0.15) is 35.2 Å². The normalized spacial score (nSPS) is 13.7. The maximum absolute atomic E-state index is 13.0. The van der Waals surface area contributed by atoms with E-state index in [0.717, 1.165) is 23.9 Å². The predicted molar refractivity (Wildman–Crippen MR) is 103 cm³/mol. The van der Waals surface area contributed by atoms with Crippen molar-refractivity contribution in [2.24, 2.45) is 7.05 Å². The number of aryl methyl sites for hydroxylation is 2. The van der Waals surface area contributed by atoms with Crippen LogP contribution in [0.3, 0.4) is 0 Å². The van der Waals surface area contributed by atoms with Gasteiger partial charge in [-0.1, -0.05) is 11.6 Å². The molecular formula is C17H18ClF5N4O3S. The Hall–Kier alpha value is -2.25. The summed E-state index contributed by atoms with van der Waals surface area (Å²) in [6, 6.07) is -0.112. The molecule has 0 saturated heterocycles. The minimum absolute atomic E-state index is 0.0442. The van der Waals surface area contributed by atoms with E-state index >= 15 is 0 Å². The molecule has 2 heterocycles. The van der Waals surface area contributed by atoms with Crippen LogP contribution in [0.2, 0.25) is 5.02 Å². The van der Waals surface area contributed by atoms with Crippen LogP contribution < -0.4 is 5.32 Å². The van der Waals surface area contributed by atoms with Gasteiger partial charge in [-0.2, -0.15) is 17.5 Å². The fourth-order valence-electron chi connectivity index (χ4n) is 2.65. The lowest BCUT2D eigenvalue weighted by atomic mass is 10.2. The Morgan fingerprint density at radius 2 is 1.87 bits per heavy atom. The molecular weight excluding hydrogens is 471 g/mol. The van der Waals surface area contributed by atoms with Gasteiger partial charge in [0.1, 0.15) is 22.3 Å². The van der Waals surface area contributed by atoms with Crippen LogP contribution in [0, 0.1) is 6.92 Å². The molecule has 7 nitrogen and oxygen atoms in total. The second-order valence-corrected chi connectivity index (χ2v) is 9.03. The summed E-state index contributed by atoms with van der Waals surface area (Å²) in [4.78, 5) is 15.6. The quantitative estimate of drug-likeness (QED) is 0.619. The molecule has 31 heavy (non-hydrogen) atoms. The molecule has 0 aliphatic heterocycles. The molecule has 0 aliphatic rings. The van der Waals surface area contributed by atoms with Gasteiger partial charge in [0, 0.05) is 31.7 Å². The van der Waals surface area contributed by atoms with Crippen molar-refractivity contribution in [2.45, 2.75) is 37.4 Å². The fourth-order valence-corrected chi connectivity index (χ4v) is 4.67. The first-order valence-corrected chi connectivity index (χ1v) is 10.4. The van der Waals surface area contributed by atoms with E-state index in [-0.39, 0.29) is 21.4 Å². The van der Waals surface area contributed by atoms with Crippen LogP contribution >= 0.6 is 11.6 Å². The van der Waals surface area contributed by atoms with Crippen molar-refractivity contribution in [2.75, 3.05) is 12.4 Å². The third-order valence-corrected chi connectivity index (χ3v) is 6.87. The summed E-state index contributed by atoms with van der Waals surface area (Å²) in [7, 11) is -2.72.